The Bertz CT molecular complexity index is 1330. The molecular weight excluding hydrogens is 508 g/mol. The van der Waals surface area contributed by atoms with Gasteiger partial charge in [-0.3, -0.25) is 4.79 Å². The number of nitrogens with one attached hydrogen (secondary N) is 1. The van der Waals surface area contributed by atoms with E-state index in [0.29, 0.717) is 17.7 Å². The number of hydrazone groups is 1. The molecule has 1 aliphatic rings. The highest BCUT2D eigenvalue weighted by Gasteiger charge is 2.60. The number of carbonyl (C=O) groups is 2. The Labute approximate surface area is 210 Å². The maximum absolute atomic E-state index is 13.1. The van der Waals surface area contributed by atoms with Gasteiger partial charge in [0.2, 0.25) is 11.7 Å². The largest absolute Gasteiger partial charge is 0.457 e. The number of ether oxygens (including phenoxy) is 1. The van der Waals surface area contributed by atoms with Crippen molar-refractivity contribution in [1.82, 2.24) is 5.43 Å². The zero-order chi connectivity index (χ0) is 24.3. The minimum Gasteiger partial charge on any atom is -0.457 e. The molecule has 1 saturated carbocycles. The Morgan fingerprint density at radius 2 is 1.66 bits per heavy atom. The maximum atomic E-state index is 13.1. The molecule has 1 aliphatic carbocycles. The van der Waals surface area contributed by atoms with Crippen LogP contribution in [-0.2, 0) is 10.2 Å². The molecule has 1 heterocycles. The van der Waals surface area contributed by atoms with E-state index in [9.17, 15) is 9.59 Å². The van der Waals surface area contributed by atoms with Gasteiger partial charge in [-0.2, -0.15) is 5.10 Å². The number of halogens is 1. The molecule has 1 N–H and O–H groups in total. The quantitative estimate of drug-likeness (QED) is 0.144. The van der Waals surface area contributed by atoms with E-state index < -0.39 is 5.97 Å². The van der Waals surface area contributed by atoms with Gasteiger partial charge in [0.1, 0.15) is 5.75 Å². The molecule has 4 aromatic rings. The van der Waals surface area contributed by atoms with Crippen molar-refractivity contribution in [3.05, 3.63) is 124 Å². The second-order valence-electron chi connectivity index (χ2n) is 8.24. The first-order valence-corrected chi connectivity index (χ1v) is 11.9. The van der Waals surface area contributed by atoms with Crippen LogP contribution in [-0.4, -0.2) is 18.1 Å². The molecule has 1 fully saturated rings. The summed E-state index contributed by atoms with van der Waals surface area (Å²) in [6.07, 6.45) is 3.56. The van der Waals surface area contributed by atoms with E-state index in [1.807, 2.05) is 36.4 Å². The molecule has 1 aromatic heterocycles. The van der Waals surface area contributed by atoms with Gasteiger partial charge in [-0.1, -0.05) is 76.6 Å². The molecule has 0 radical (unpaired) electrons. The van der Waals surface area contributed by atoms with Gasteiger partial charge in [0.25, 0.3) is 0 Å². The molecular formula is C28H21BrN2O4. The van der Waals surface area contributed by atoms with E-state index in [1.54, 1.807) is 24.3 Å². The molecule has 0 saturated heterocycles. The number of rotatable bonds is 7. The van der Waals surface area contributed by atoms with E-state index in [-0.39, 0.29) is 23.0 Å². The third kappa shape index (κ3) is 4.68. The van der Waals surface area contributed by atoms with Gasteiger partial charge in [-0.15, -0.1) is 0 Å². The lowest BCUT2D eigenvalue weighted by Crippen LogP contribution is -2.25. The summed E-state index contributed by atoms with van der Waals surface area (Å²) in [6.45, 7) is 0. The van der Waals surface area contributed by atoms with Crippen molar-refractivity contribution >= 4 is 34.0 Å². The van der Waals surface area contributed by atoms with Crippen LogP contribution in [0.25, 0.3) is 0 Å². The minimum atomic E-state index is -0.621. The summed E-state index contributed by atoms with van der Waals surface area (Å²) in [5.74, 6) is -0.649. The van der Waals surface area contributed by atoms with Gasteiger partial charge in [0.15, 0.2) is 0 Å². The lowest BCUT2D eigenvalue weighted by atomic mass is 9.85. The number of carbonyl (C=O) groups excluding carboxylic acids is 2. The standard InChI is InChI=1S/C28H21BrN2O4/c29-22-13-14-24(35-27(33)25-12-7-15-34-25)19(16-22)18-30-31-26(32)23-17-28(23,20-8-3-1-4-9-20)21-10-5-2-6-11-21/h1-16,18,23H,17H2,(H,31,32). The van der Waals surface area contributed by atoms with Gasteiger partial charge >= 0.3 is 5.97 Å². The molecule has 1 amide bonds. The molecule has 0 aliphatic heterocycles. The molecule has 0 spiro atoms. The normalized spacial score (nSPS) is 16.1. The Kier molecular flexibility index (Phi) is 6.33. The number of furan rings is 1. The monoisotopic (exact) mass is 528 g/mol. The van der Waals surface area contributed by atoms with Gasteiger partial charge < -0.3 is 9.15 Å². The third-order valence-electron chi connectivity index (χ3n) is 6.13. The number of esters is 1. The highest BCUT2D eigenvalue weighted by Crippen LogP contribution is 2.58. The van der Waals surface area contributed by atoms with Crippen molar-refractivity contribution in [2.45, 2.75) is 11.8 Å². The van der Waals surface area contributed by atoms with Crippen LogP contribution in [0.15, 0.2) is 111 Å². The van der Waals surface area contributed by atoms with Crippen molar-refractivity contribution in [1.29, 1.82) is 0 Å². The van der Waals surface area contributed by atoms with Gasteiger partial charge in [0, 0.05) is 15.5 Å². The second kappa shape index (κ2) is 9.72. The SMILES string of the molecule is O=C(Oc1ccc(Br)cc1C=NNC(=O)C1CC1(c1ccccc1)c1ccccc1)c1ccco1. The average molecular weight is 529 g/mol. The van der Waals surface area contributed by atoms with Crippen LogP contribution < -0.4 is 10.2 Å². The molecule has 174 valence electrons. The Morgan fingerprint density at radius 1 is 0.971 bits per heavy atom. The van der Waals surface area contributed by atoms with Crippen molar-refractivity contribution in [3.63, 3.8) is 0 Å². The first-order valence-electron chi connectivity index (χ1n) is 11.1. The summed E-state index contributed by atoms with van der Waals surface area (Å²) >= 11 is 3.41. The van der Waals surface area contributed by atoms with E-state index in [1.165, 1.54) is 18.5 Å². The first-order chi connectivity index (χ1) is 17.1. The van der Waals surface area contributed by atoms with Crippen molar-refractivity contribution in [2.24, 2.45) is 11.0 Å². The average Bonchev–Trinajstić information content (AvgIpc) is 3.41. The second-order valence-corrected chi connectivity index (χ2v) is 9.16. The van der Waals surface area contributed by atoms with Crippen LogP contribution in [0.4, 0.5) is 0 Å². The predicted molar refractivity (Wildman–Crippen MR) is 135 cm³/mol. The molecule has 3 aromatic carbocycles. The maximum Gasteiger partial charge on any atom is 0.379 e. The molecule has 1 atom stereocenters. The minimum absolute atomic E-state index is 0.0935. The Balaban J connectivity index is 1.33. The number of nitrogens with zero attached hydrogens (tertiary/aromatic N) is 1. The molecule has 7 heteroatoms. The van der Waals surface area contributed by atoms with E-state index >= 15 is 0 Å². The molecule has 0 bridgehead atoms. The zero-order valence-electron chi connectivity index (χ0n) is 18.6. The highest BCUT2D eigenvalue weighted by molar-refractivity contribution is 9.10. The van der Waals surface area contributed by atoms with Crippen molar-refractivity contribution < 1.29 is 18.7 Å². The number of hydrogen-bond acceptors (Lipinski definition) is 5. The third-order valence-corrected chi connectivity index (χ3v) is 6.62. The van der Waals surface area contributed by atoms with Crippen LogP contribution in [0.5, 0.6) is 5.75 Å². The molecule has 1 unspecified atom stereocenters. The fourth-order valence-electron chi connectivity index (χ4n) is 4.36. The first kappa shape index (κ1) is 22.8. The summed E-state index contributed by atoms with van der Waals surface area (Å²) in [6, 6.07) is 28.4. The summed E-state index contributed by atoms with van der Waals surface area (Å²) in [5.41, 5.74) is 5.03. The van der Waals surface area contributed by atoms with Gasteiger partial charge in [-0.05, 0) is 47.9 Å². The lowest BCUT2D eigenvalue weighted by Gasteiger charge is -2.18. The number of benzene rings is 3. The zero-order valence-corrected chi connectivity index (χ0v) is 20.1. The summed E-state index contributed by atoms with van der Waals surface area (Å²) in [7, 11) is 0. The van der Waals surface area contributed by atoms with E-state index in [0.717, 1.165) is 15.6 Å². The topological polar surface area (TPSA) is 80.9 Å². The predicted octanol–water partition coefficient (Wildman–Crippen LogP) is 5.72. The van der Waals surface area contributed by atoms with Crippen molar-refractivity contribution in [2.75, 3.05) is 0 Å². The van der Waals surface area contributed by atoms with E-state index in [2.05, 4.69) is 50.7 Å². The summed E-state index contributed by atoms with van der Waals surface area (Å²) in [4.78, 5) is 25.4. The van der Waals surface area contributed by atoms with Crippen molar-refractivity contribution in [3.8, 4) is 5.75 Å². The molecule has 6 nitrogen and oxygen atoms in total. The number of amides is 1. The highest BCUT2D eigenvalue weighted by atomic mass is 79.9. The lowest BCUT2D eigenvalue weighted by molar-refractivity contribution is -0.122. The smallest absolute Gasteiger partial charge is 0.379 e. The van der Waals surface area contributed by atoms with Crippen LogP contribution in [0, 0.1) is 5.92 Å². The fourth-order valence-corrected chi connectivity index (χ4v) is 4.74. The summed E-state index contributed by atoms with van der Waals surface area (Å²) in [5, 5.41) is 4.17. The Hall–Kier alpha value is -3.97. The van der Waals surface area contributed by atoms with Gasteiger partial charge in [0.05, 0.1) is 18.4 Å². The van der Waals surface area contributed by atoms with Crippen LogP contribution >= 0.6 is 15.9 Å². The number of hydrogen-bond donors (Lipinski definition) is 1. The molecule has 5 rings (SSSR count). The van der Waals surface area contributed by atoms with E-state index in [4.69, 9.17) is 9.15 Å². The van der Waals surface area contributed by atoms with Crippen LogP contribution in [0.1, 0.15) is 33.7 Å². The van der Waals surface area contributed by atoms with Gasteiger partial charge in [-0.25, -0.2) is 10.2 Å². The summed E-state index contributed by atoms with van der Waals surface area (Å²) < 4.78 is 11.3. The Morgan fingerprint density at radius 3 is 2.29 bits per heavy atom. The fraction of sp³-hybridized carbons (Fsp3) is 0.107. The molecule has 35 heavy (non-hydrogen) atoms. The van der Waals surface area contributed by atoms with Crippen LogP contribution in [0.3, 0.4) is 0 Å². The van der Waals surface area contributed by atoms with Crippen LogP contribution in [0.2, 0.25) is 0 Å².